The Bertz CT molecular complexity index is 826. The van der Waals surface area contributed by atoms with Gasteiger partial charge in [0.15, 0.2) is 11.6 Å². The fraction of sp³-hybridized carbons (Fsp3) is 0.381. The van der Waals surface area contributed by atoms with E-state index in [4.69, 9.17) is 0 Å². The number of aliphatic hydroxyl groups is 1. The maximum absolute atomic E-state index is 14.1. The second-order valence-corrected chi connectivity index (χ2v) is 7.45. The molecular weight excluding hydrogens is 336 g/mol. The summed E-state index contributed by atoms with van der Waals surface area (Å²) in [7, 11) is 0. The van der Waals surface area contributed by atoms with Gasteiger partial charge in [-0.25, -0.2) is 8.78 Å². The number of hydrogen-bond donors (Lipinski definition) is 1. The van der Waals surface area contributed by atoms with Crippen LogP contribution in [0.4, 0.5) is 8.78 Å². The Kier molecular flexibility index (Phi) is 4.27. The Morgan fingerprint density at radius 1 is 1.12 bits per heavy atom. The highest BCUT2D eigenvalue weighted by molar-refractivity contribution is 5.95. The largest absolute Gasteiger partial charge is 0.396 e. The molecule has 2 fully saturated rings. The smallest absolute Gasteiger partial charge is 0.257 e. The lowest BCUT2D eigenvalue weighted by molar-refractivity contribution is 0.0567. The average molecular weight is 357 g/mol. The first-order chi connectivity index (χ1) is 12.6. The average Bonchev–Trinajstić information content (AvgIpc) is 3.20. The molecule has 2 bridgehead atoms. The Morgan fingerprint density at radius 2 is 1.88 bits per heavy atom. The Balaban J connectivity index is 1.65. The SMILES string of the molecule is O=C(c1cccc(F)c1F)N1[C@H]2CC[C@@H]1[C@@](CO)(Cc1ccccc1)C2. The molecule has 2 heterocycles. The summed E-state index contributed by atoms with van der Waals surface area (Å²) < 4.78 is 27.7. The standard InChI is InChI=1S/C21H21F2NO2/c22-17-8-4-7-16(19(17)23)20(26)24-15-9-10-18(24)21(12-15,13-25)11-14-5-2-1-3-6-14/h1-8,15,18,25H,9-13H2/t15-,18+,21-/m0/s1. The number of hydrogen-bond acceptors (Lipinski definition) is 2. The van der Waals surface area contributed by atoms with Crippen LogP contribution in [0.3, 0.4) is 0 Å². The highest BCUT2D eigenvalue weighted by Gasteiger charge is 2.57. The molecule has 3 nitrogen and oxygen atoms in total. The van der Waals surface area contributed by atoms with Crippen molar-refractivity contribution in [2.24, 2.45) is 5.41 Å². The van der Waals surface area contributed by atoms with Crippen LogP contribution in [0.1, 0.15) is 35.2 Å². The van der Waals surface area contributed by atoms with Gasteiger partial charge in [-0.15, -0.1) is 0 Å². The maximum atomic E-state index is 14.1. The molecule has 0 saturated carbocycles. The lowest BCUT2D eigenvalue weighted by Crippen LogP contribution is -2.44. The van der Waals surface area contributed by atoms with Gasteiger partial charge in [0, 0.05) is 17.5 Å². The summed E-state index contributed by atoms with van der Waals surface area (Å²) in [6.07, 6.45) is 2.97. The minimum Gasteiger partial charge on any atom is -0.396 e. The first-order valence-electron chi connectivity index (χ1n) is 8.97. The minimum atomic E-state index is -1.10. The van der Waals surface area contributed by atoms with Crippen molar-refractivity contribution < 1.29 is 18.7 Å². The number of nitrogens with zero attached hydrogens (tertiary/aromatic N) is 1. The van der Waals surface area contributed by atoms with Crippen LogP contribution < -0.4 is 0 Å². The zero-order chi connectivity index (χ0) is 18.3. The molecule has 1 N–H and O–H groups in total. The maximum Gasteiger partial charge on any atom is 0.257 e. The van der Waals surface area contributed by atoms with Gasteiger partial charge in [-0.1, -0.05) is 36.4 Å². The zero-order valence-electron chi connectivity index (χ0n) is 14.4. The monoisotopic (exact) mass is 357 g/mol. The van der Waals surface area contributed by atoms with E-state index < -0.39 is 23.0 Å². The van der Waals surface area contributed by atoms with Crippen LogP contribution in [0.5, 0.6) is 0 Å². The van der Waals surface area contributed by atoms with Gasteiger partial charge in [-0.2, -0.15) is 0 Å². The molecule has 26 heavy (non-hydrogen) atoms. The number of fused-ring (bicyclic) bond motifs is 2. The van der Waals surface area contributed by atoms with Crippen LogP contribution in [0.25, 0.3) is 0 Å². The number of rotatable bonds is 4. The molecule has 0 unspecified atom stereocenters. The molecular formula is C21H21F2NO2. The van der Waals surface area contributed by atoms with Gasteiger partial charge in [0.1, 0.15) is 0 Å². The van der Waals surface area contributed by atoms with Crippen LogP contribution in [-0.2, 0) is 6.42 Å². The van der Waals surface area contributed by atoms with Crippen molar-refractivity contribution in [1.29, 1.82) is 0 Å². The second-order valence-electron chi connectivity index (χ2n) is 7.45. The van der Waals surface area contributed by atoms with Crippen LogP contribution >= 0.6 is 0 Å². The van der Waals surface area contributed by atoms with Crippen LogP contribution in [0.2, 0.25) is 0 Å². The number of carbonyl (C=O) groups is 1. The molecule has 2 aromatic rings. The number of benzene rings is 2. The molecule has 1 amide bonds. The third-order valence-corrected chi connectivity index (χ3v) is 5.98. The molecule has 4 rings (SSSR count). The molecule has 0 radical (unpaired) electrons. The highest BCUT2D eigenvalue weighted by Crippen LogP contribution is 2.51. The van der Waals surface area contributed by atoms with E-state index in [1.54, 1.807) is 4.90 Å². The molecule has 2 aliphatic rings. The Labute approximate surface area is 151 Å². The number of carbonyl (C=O) groups excluding carboxylic acids is 1. The van der Waals surface area contributed by atoms with Crippen molar-refractivity contribution in [3.63, 3.8) is 0 Å². The fourth-order valence-electron chi connectivity index (χ4n) is 4.82. The summed E-state index contributed by atoms with van der Waals surface area (Å²) >= 11 is 0. The number of halogens is 2. The van der Waals surface area contributed by atoms with Gasteiger partial charge in [-0.05, 0) is 43.4 Å². The van der Waals surface area contributed by atoms with Gasteiger partial charge in [0.25, 0.3) is 5.91 Å². The van der Waals surface area contributed by atoms with Gasteiger partial charge in [-0.3, -0.25) is 4.79 Å². The quantitative estimate of drug-likeness (QED) is 0.909. The predicted octanol–water partition coefficient (Wildman–Crippen LogP) is 3.56. The van der Waals surface area contributed by atoms with Crippen molar-refractivity contribution in [2.75, 3.05) is 6.61 Å². The van der Waals surface area contributed by atoms with E-state index in [0.29, 0.717) is 12.8 Å². The summed E-state index contributed by atoms with van der Waals surface area (Å²) in [5.74, 6) is -2.58. The summed E-state index contributed by atoms with van der Waals surface area (Å²) in [6.45, 7) is -0.0293. The summed E-state index contributed by atoms with van der Waals surface area (Å²) in [6, 6.07) is 13.4. The molecule has 0 spiro atoms. The summed E-state index contributed by atoms with van der Waals surface area (Å²) in [5.41, 5.74) is 0.456. The third-order valence-electron chi connectivity index (χ3n) is 5.98. The van der Waals surface area contributed by atoms with Gasteiger partial charge in [0.2, 0.25) is 0 Å². The normalized spacial score (nSPS) is 27.1. The van der Waals surface area contributed by atoms with Crippen molar-refractivity contribution in [1.82, 2.24) is 4.90 Å². The van der Waals surface area contributed by atoms with Gasteiger partial charge >= 0.3 is 0 Å². The van der Waals surface area contributed by atoms with Crippen LogP contribution in [-0.4, -0.2) is 34.6 Å². The van der Waals surface area contributed by atoms with E-state index in [9.17, 15) is 18.7 Å². The second kappa shape index (κ2) is 6.47. The summed E-state index contributed by atoms with van der Waals surface area (Å²) in [4.78, 5) is 14.7. The van der Waals surface area contributed by atoms with Crippen molar-refractivity contribution in [3.8, 4) is 0 Å². The Morgan fingerprint density at radius 3 is 2.62 bits per heavy atom. The molecule has 136 valence electrons. The topological polar surface area (TPSA) is 40.5 Å². The lowest BCUT2D eigenvalue weighted by Gasteiger charge is -2.36. The van der Waals surface area contributed by atoms with Gasteiger partial charge in [0.05, 0.1) is 12.2 Å². The lowest BCUT2D eigenvalue weighted by atomic mass is 9.70. The fourth-order valence-corrected chi connectivity index (χ4v) is 4.82. The zero-order valence-corrected chi connectivity index (χ0v) is 14.4. The molecule has 0 aliphatic carbocycles. The molecule has 3 atom stereocenters. The van der Waals surface area contributed by atoms with Crippen LogP contribution in [0, 0.1) is 17.0 Å². The van der Waals surface area contributed by atoms with E-state index in [1.807, 2.05) is 30.3 Å². The van der Waals surface area contributed by atoms with Crippen LogP contribution in [0.15, 0.2) is 48.5 Å². The van der Waals surface area contributed by atoms with E-state index in [2.05, 4.69) is 0 Å². The first kappa shape index (κ1) is 17.2. The third kappa shape index (κ3) is 2.62. The van der Waals surface area contributed by atoms with Crippen molar-refractivity contribution in [2.45, 2.75) is 37.8 Å². The highest BCUT2D eigenvalue weighted by atomic mass is 19.2. The van der Waals surface area contributed by atoms with E-state index in [1.165, 1.54) is 12.1 Å². The van der Waals surface area contributed by atoms with E-state index in [0.717, 1.165) is 24.5 Å². The predicted molar refractivity (Wildman–Crippen MR) is 93.6 cm³/mol. The molecule has 5 heteroatoms. The van der Waals surface area contributed by atoms with Gasteiger partial charge < -0.3 is 10.0 Å². The molecule has 2 aliphatic heterocycles. The van der Waals surface area contributed by atoms with E-state index >= 15 is 0 Å². The summed E-state index contributed by atoms with van der Waals surface area (Å²) in [5, 5.41) is 10.2. The number of amides is 1. The first-order valence-corrected chi connectivity index (χ1v) is 8.97. The van der Waals surface area contributed by atoms with E-state index in [-0.39, 0.29) is 24.3 Å². The molecule has 0 aromatic heterocycles. The number of aliphatic hydroxyl groups excluding tert-OH is 1. The van der Waals surface area contributed by atoms with Crippen molar-refractivity contribution in [3.05, 3.63) is 71.3 Å². The minimum absolute atomic E-state index is 0.0293. The molecule has 2 saturated heterocycles. The Hall–Kier alpha value is -2.27. The van der Waals surface area contributed by atoms with Crippen molar-refractivity contribution >= 4 is 5.91 Å². The molecule has 2 aromatic carbocycles.